The molecule has 4 saturated carbocycles. The second-order valence-corrected chi connectivity index (χ2v) is 8.41. The lowest BCUT2D eigenvalue weighted by Crippen LogP contribution is -2.50. The highest BCUT2D eigenvalue weighted by atomic mass is 19.1. The van der Waals surface area contributed by atoms with Gasteiger partial charge in [0.25, 0.3) is 5.56 Å². The Morgan fingerprint density at radius 1 is 1.04 bits per heavy atom. The molecule has 0 amide bonds. The summed E-state index contributed by atoms with van der Waals surface area (Å²) in [5.41, 5.74) is 2.97. The summed E-state index contributed by atoms with van der Waals surface area (Å²) in [5.74, 6) is 2.17. The van der Waals surface area contributed by atoms with Gasteiger partial charge in [0, 0.05) is 16.7 Å². The van der Waals surface area contributed by atoms with E-state index in [0.717, 1.165) is 34.7 Å². The summed E-state index contributed by atoms with van der Waals surface area (Å²) < 4.78 is 15.1. The summed E-state index contributed by atoms with van der Waals surface area (Å²) in [6, 6.07) is 6.33. The molecule has 4 bridgehead atoms. The predicted octanol–water partition coefficient (Wildman–Crippen LogP) is 4.08. The second-order valence-electron chi connectivity index (χ2n) is 8.41. The first-order valence-corrected chi connectivity index (χ1v) is 9.12. The Hall–Kier alpha value is -1.84. The van der Waals surface area contributed by atoms with Crippen LogP contribution in [0.5, 0.6) is 0 Å². The number of nitrogens with one attached hydrogen (secondary N) is 1. The lowest BCUT2D eigenvalue weighted by atomic mass is 9.48. The van der Waals surface area contributed by atoms with Gasteiger partial charge in [-0.2, -0.15) is 0 Å². The van der Waals surface area contributed by atoms with Crippen LogP contribution in [0, 0.1) is 30.5 Å². The molecular weight excluding hydrogens is 303 g/mol. The number of H-pyrrole nitrogens is 1. The van der Waals surface area contributed by atoms with Crippen molar-refractivity contribution in [3.8, 4) is 5.69 Å². The zero-order valence-electron chi connectivity index (χ0n) is 14.0. The van der Waals surface area contributed by atoms with Crippen molar-refractivity contribution >= 4 is 0 Å². The van der Waals surface area contributed by atoms with Gasteiger partial charge in [0.15, 0.2) is 0 Å². The number of rotatable bonds is 2. The molecule has 126 valence electrons. The van der Waals surface area contributed by atoms with Gasteiger partial charge >= 0.3 is 0 Å². The molecule has 0 unspecified atom stereocenters. The molecule has 1 N–H and O–H groups in total. The predicted molar refractivity (Wildman–Crippen MR) is 90.9 cm³/mol. The maximum atomic E-state index is 13.2. The van der Waals surface area contributed by atoms with Crippen LogP contribution in [0.4, 0.5) is 4.39 Å². The maximum Gasteiger partial charge on any atom is 0.268 e. The molecule has 4 aliphatic carbocycles. The van der Waals surface area contributed by atoms with Crippen molar-refractivity contribution in [1.29, 1.82) is 0 Å². The maximum absolute atomic E-state index is 13.2. The van der Waals surface area contributed by atoms with Gasteiger partial charge in [-0.1, -0.05) is 0 Å². The molecule has 2 aromatic rings. The van der Waals surface area contributed by atoms with E-state index < -0.39 is 0 Å². The van der Waals surface area contributed by atoms with Crippen molar-refractivity contribution in [2.24, 2.45) is 17.8 Å². The topological polar surface area (TPSA) is 37.8 Å². The average Bonchev–Trinajstić information content (AvgIpc) is 2.82. The number of hydrogen-bond acceptors (Lipinski definition) is 1. The fourth-order valence-corrected chi connectivity index (χ4v) is 6.41. The van der Waals surface area contributed by atoms with Crippen LogP contribution in [0.2, 0.25) is 0 Å². The van der Waals surface area contributed by atoms with Crippen molar-refractivity contribution in [3.63, 3.8) is 0 Å². The molecule has 6 rings (SSSR count). The lowest BCUT2D eigenvalue weighted by molar-refractivity contribution is -0.00593. The van der Waals surface area contributed by atoms with E-state index in [4.69, 9.17) is 0 Å². The minimum Gasteiger partial charge on any atom is -0.268 e. The molecule has 3 nitrogen and oxygen atoms in total. The van der Waals surface area contributed by atoms with Gasteiger partial charge in [-0.15, -0.1) is 0 Å². The summed E-state index contributed by atoms with van der Waals surface area (Å²) in [6.45, 7) is 2.04. The zero-order valence-corrected chi connectivity index (χ0v) is 14.0. The zero-order chi connectivity index (χ0) is 16.5. The Morgan fingerprint density at radius 2 is 1.58 bits per heavy atom. The van der Waals surface area contributed by atoms with E-state index in [1.54, 1.807) is 12.1 Å². The molecule has 0 aliphatic heterocycles. The average molecular weight is 326 g/mol. The monoisotopic (exact) mass is 326 g/mol. The summed E-state index contributed by atoms with van der Waals surface area (Å²) in [6.07, 6.45) is 7.64. The molecular formula is C20H23FN2O. The smallest absolute Gasteiger partial charge is 0.268 e. The van der Waals surface area contributed by atoms with Gasteiger partial charge in [0.2, 0.25) is 0 Å². The van der Waals surface area contributed by atoms with Crippen LogP contribution in [0.3, 0.4) is 0 Å². The van der Waals surface area contributed by atoms with Crippen molar-refractivity contribution < 1.29 is 4.39 Å². The number of aromatic amines is 1. The molecule has 0 atom stereocenters. The quantitative estimate of drug-likeness (QED) is 0.887. The van der Waals surface area contributed by atoms with E-state index >= 15 is 0 Å². The Balaban J connectivity index is 1.62. The third kappa shape index (κ3) is 1.98. The summed E-state index contributed by atoms with van der Waals surface area (Å²) in [7, 11) is 0. The third-order valence-corrected chi connectivity index (χ3v) is 6.79. The van der Waals surface area contributed by atoms with Crippen LogP contribution in [0.15, 0.2) is 29.1 Å². The van der Waals surface area contributed by atoms with E-state index in [1.807, 2.05) is 11.6 Å². The minimum absolute atomic E-state index is 0.0544. The molecule has 0 saturated heterocycles. The van der Waals surface area contributed by atoms with Crippen LogP contribution in [0.1, 0.15) is 49.8 Å². The molecule has 1 aromatic carbocycles. The summed E-state index contributed by atoms with van der Waals surface area (Å²) in [4.78, 5) is 12.9. The normalized spacial score (nSPS) is 34.0. The van der Waals surface area contributed by atoms with Gasteiger partial charge in [0.1, 0.15) is 5.82 Å². The van der Waals surface area contributed by atoms with E-state index in [2.05, 4.69) is 5.10 Å². The lowest BCUT2D eigenvalue weighted by Gasteiger charge is -2.56. The first kappa shape index (κ1) is 14.5. The molecule has 4 fully saturated rings. The Labute approximate surface area is 140 Å². The Bertz CT molecular complexity index is 810. The third-order valence-electron chi connectivity index (χ3n) is 6.79. The van der Waals surface area contributed by atoms with E-state index in [1.165, 1.54) is 50.7 Å². The first-order chi connectivity index (χ1) is 11.5. The van der Waals surface area contributed by atoms with Crippen molar-refractivity contribution in [3.05, 3.63) is 51.7 Å². The van der Waals surface area contributed by atoms with E-state index in [9.17, 15) is 9.18 Å². The van der Waals surface area contributed by atoms with E-state index in [0.29, 0.717) is 0 Å². The first-order valence-electron chi connectivity index (χ1n) is 9.12. The van der Waals surface area contributed by atoms with Crippen LogP contribution in [-0.2, 0) is 5.41 Å². The van der Waals surface area contributed by atoms with Gasteiger partial charge < -0.3 is 0 Å². The number of hydrogen-bond donors (Lipinski definition) is 1. The molecule has 0 radical (unpaired) electrons. The SMILES string of the molecule is Cc1c(C23CC4CC(CC(C4)C2)C3)c(=O)[nH]n1-c1ccc(F)cc1. The Morgan fingerprint density at radius 3 is 2.12 bits per heavy atom. The summed E-state index contributed by atoms with van der Waals surface area (Å²) >= 11 is 0. The molecule has 0 spiro atoms. The van der Waals surface area contributed by atoms with E-state index in [-0.39, 0.29) is 16.8 Å². The number of benzene rings is 1. The molecule has 4 aliphatic rings. The molecule has 1 heterocycles. The second kappa shape index (κ2) is 4.84. The van der Waals surface area contributed by atoms with Gasteiger partial charge in [-0.3, -0.25) is 14.6 Å². The van der Waals surface area contributed by atoms with Gasteiger partial charge in [0.05, 0.1) is 5.69 Å². The van der Waals surface area contributed by atoms with Crippen LogP contribution in [-0.4, -0.2) is 9.78 Å². The number of nitrogens with zero attached hydrogens (tertiary/aromatic N) is 1. The minimum atomic E-state index is -0.257. The fourth-order valence-electron chi connectivity index (χ4n) is 6.41. The molecule has 24 heavy (non-hydrogen) atoms. The highest BCUT2D eigenvalue weighted by Crippen LogP contribution is 2.60. The van der Waals surface area contributed by atoms with Gasteiger partial charge in [-0.25, -0.2) is 4.39 Å². The molecule has 1 aromatic heterocycles. The van der Waals surface area contributed by atoms with Crippen LogP contribution >= 0.6 is 0 Å². The number of aromatic nitrogens is 2. The highest BCUT2D eigenvalue weighted by Gasteiger charge is 2.53. The highest BCUT2D eigenvalue weighted by molar-refractivity contribution is 5.38. The Kier molecular flexibility index (Phi) is 2.92. The summed E-state index contributed by atoms with van der Waals surface area (Å²) in [5, 5.41) is 3.01. The van der Waals surface area contributed by atoms with Crippen molar-refractivity contribution in [2.45, 2.75) is 50.9 Å². The van der Waals surface area contributed by atoms with Crippen molar-refractivity contribution in [1.82, 2.24) is 9.78 Å². The molecule has 4 heteroatoms. The fraction of sp³-hybridized carbons (Fsp3) is 0.550. The number of halogens is 1. The largest absolute Gasteiger partial charge is 0.268 e. The van der Waals surface area contributed by atoms with Gasteiger partial charge in [-0.05, 0) is 87.5 Å². The van der Waals surface area contributed by atoms with Crippen molar-refractivity contribution in [2.75, 3.05) is 0 Å². The standard InChI is InChI=1S/C20H23FN2O/c1-12-18(19(24)22-23(12)17-4-2-16(21)3-5-17)20-9-13-6-14(10-20)8-15(7-13)11-20/h2-5,13-15H,6-11H2,1H3,(H,22,24). The van der Waals surface area contributed by atoms with Crippen LogP contribution < -0.4 is 5.56 Å². The van der Waals surface area contributed by atoms with Crippen LogP contribution in [0.25, 0.3) is 5.69 Å².